The molecule has 2 aromatic carbocycles. The van der Waals surface area contributed by atoms with E-state index in [0.29, 0.717) is 10.5 Å². The third kappa shape index (κ3) is 6.19. The van der Waals surface area contributed by atoms with Gasteiger partial charge in [0.2, 0.25) is 5.91 Å². The van der Waals surface area contributed by atoms with Crippen molar-refractivity contribution in [2.24, 2.45) is 0 Å². The zero-order chi connectivity index (χ0) is 25.0. The maximum absolute atomic E-state index is 13.2. The summed E-state index contributed by atoms with van der Waals surface area (Å²) in [5.41, 5.74) is 4.45. The van der Waals surface area contributed by atoms with Gasteiger partial charge in [0.05, 0.1) is 16.9 Å². The van der Waals surface area contributed by atoms with Gasteiger partial charge in [0.15, 0.2) is 11.0 Å². The molecule has 1 unspecified atom stereocenters. The van der Waals surface area contributed by atoms with Crippen molar-refractivity contribution in [1.29, 1.82) is 0 Å². The maximum Gasteiger partial charge on any atom is 0.236 e. The second-order valence-corrected chi connectivity index (χ2v) is 10.9. The zero-order valence-electron chi connectivity index (χ0n) is 20.8. The number of carbonyl (C=O) groups excluding carboxylic acids is 1. The van der Waals surface area contributed by atoms with Crippen LogP contribution in [0.5, 0.6) is 0 Å². The second kappa shape index (κ2) is 10.6. The first-order chi connectivity index (χ1) is 16.0. The molecule has 6 heteroatoms. The Morgan fingerprint density at radius 3 is 2.09 bits per heavy atom. The molecule has 34 heavy (non-hydrogen) atoms. The van der Waals surface area contributed by atoms with Crippen molar-refractivity contribution in [3.63, 3.8) is 0 Å². The molecule has 0 bridgehead atoms. The van der Waals surface area contributed by atoms with E-state index >= 15 is 0 Å². The summed E-state index contributed by atoms with van der Waals surface area (Å²) in [6.45, 7) is 11.8. The number of amides is 1. The van der Waals surface area contributed by atoms with E-state index in [2.05, 4.69) is 49.5 Å². The van der Waals surface area contributed by atoms with Gasteiger partial charge in [0.1, 0.15) is 0 Å². The van der Waals surface area contributed by atoms with Crippen LogP contribution in [0, 0.1) is 0 Å². The van der Waals surface area contributed by atoms with Crippen LogP contribution in [0.25, 0.3) is 11.1 Å². The number of nitrogens with one attached hydrogen (secondary N) is 1. The summed E-state index contributed by atoms with van der Waals surface area (Å²) in [7, 11) is -1.78. The van der Waals surface area contributed by atoms with E-state index in [1.54, 1.807) is 38.4 Å². The minimum absolute atomic E-state index is 0.163. The third-order valence-electron chi connectivity index (χ3n) is 5.88. The van der Waals surface area contributed by atoms with Crippen molar-refractivity contribution < 1.29 is 14.1 Å². The van der Waals surface area contributed by atoms with Crippen LogP contribution in [0.15, 0.2) is 65.8 Å². The van der Waals surface area contributed by atoms with Gasteiger partial charge < -0.3 is 5.11 Å². The van der Waals surface area contributed by atoms with E-state index in [0.717, 1.165) is 27.8 Å². The van der Waals surface area contributed by atoms with Crippen LogP contribution in [0.2, 0.25) is 0 Å². The summed E-state index contributed by atoms with van der Waals surface area (Å²) in [5, 5.41) is 10.6. The number of aliphatic hydroxyl groups is 1. The number of aromatic nitrogens is 1. The molecular formula is C28H34N2O3S. The Morgan fingerprint density at radius 2 is 1.56 bits per heavy atom. The van der Waals surface area contributed by atoms with Crippen molar-refractivity contribution in [3.05, 3.63) is 83.2 Å². The van der Waals surface area contributed by atoms with Crippen LogP contribution in [-0.4, -0.2) is 20.2 Å². The summed E-state index contributed by atoms with van der Waals surface area (Å²) in [5.74, 6) is 0.254. The lowest BCUT2D eigenvalue weighted by Crippen LogP contribution is -2.28. The average Bonchev–Trinajstić information content (AvgIpc) is 2.78. The number of pyridine rings is 1. The highest BCUT2D eigenvalue weighted by atomic mass is 32.2. The fourth-order valence-electron chi connectivity index (χ4n) is 4.04. The molecule has 5 nitrogen and oxygen atoms in total. The van der Waals surface area contributed by atoms with Gasteiger partial charge in [-0.2, -0.15) is 0 Å². The highest BCUT2D eigenvalue weighted by molar-refractivity contribution is 7.83. The molecule has 1 atom stereocenters. The molecule has 0 fully saturated rings. The van der Waals surface area contributed by atoms with Gasteiger partial charge in [0, 0.05) is 12.4 Å². The zero-order valence-corrected chi connectivity index (χ0v) is 21.6. The largest absolute Gasteiger partial charge is 0.386 e. The normalized spacial score (nSPS) is 12.7. The Labute approximate surface area is 205 Å². The maximum atomic E-state index is 13.2. The highest BCUT2D eigenvalue weighted by Gasteiger charge is 2.21. The number of hydrogen-bond acceptors (Lipinski definition) is 4. The van der Waals surface area contributed by atoms with Gasteiger partial charge in [-0.15, -0.1) is 0 Å². The van der Waals surface area contributed by atoms with Gasteiger partial charge in [-0.05, 0) is 89.4 Å². The van der Waals surface area contributed by atoms with Crippen LogP contribution < -0.4 is 4.72 Å². The minimum Gasteiger partial charge on any atom is -0.386 e. The van der Waals surface area contributed by atoms with E-state index in [4.69, 9.17) is 0 Å². The molecule has 180 valence electrons. The number of carbonyl (C=O) groups is 1. The number of hydrogen-bond donors (Lipinski definition) is 2. The lowest BCUT2D eigenvalue weighted by atomic mass is 9.87. The van der Waals surface area contributed by atoms with Gasteiger partial charge in [0.25, 0.3) is 0 Å². The Hall–Kier alpha value is -2.83. The second-order valence-electron chi connectivity index (χ2n) is 9.74. The molecule has 0 saturated carbocycles. The predicted molar refractivity (Wildman–Crippen MR) is 138 cm³/mol. The van der Waals surface area contributed by atoms with Crippen LogP contribution >= 0.6 is 0 Å². The number of nitrogens with zero attached hydrogens (tertiary/aromatic N) is 1. The van der Waals surface area contributed by atoms with E-state index in [9.17, 15) is 14.1 Å². The van der Waals surface area contributed by atoms with Crippen molar-refractivity contribution in [3.8, 4) is 11.1 Å². The molecule has 0 radical (unpaired) electrons. The fraction of sp³-hybridized carbons (Fsp3) is 0.357. The topological polar surface area (TPSA) is 79.3 Å². The first-order valence-electron chi connectivity index (χ1n) is 11.6. The molecule has 1 amide bonds. The molecule has 0 aliphatic carbocycles. The number of benzene rings is 2. The third-order valence-corrected chi connectivity index (χ3v) is 6.95. The minimum atomic E-state index is -1.78. The van der Waals surface area contributed by atoms with Crippen LogP contribution in [0.3, 0.4) is 0 Å². The lowest BCUT2D eigenvalue weighted by Gasteiger charge is -2.21. The highest BCUT2D eigenvalue weighted by Crippen LogP contribution is 2.30. The molecular weight excluding hydrogens is 444 g/mol. The molecule has 1 aromatic heterocycles. The standard InChI is InChI=1S/C28H34N2O3S/c1-18(2)24-8-7-9-25(19(3)4)26(24)17-27(31)30-34(33)23-15-21(20-10-12-29-13-11-20)14-22(16-23)28(5,6)32/h7-16,18-19,32H,17H2,1-6H3,(H,30,31). The monoisotopic (exact) mass is 478 g/mol. The quantitative estimate of drug-likeness (QED) is 0.441. The average molecular weight is 479 g/mol. The van der Waals surface area contributed by atoms with Crippen molar-refractivity contribution in [2.45, 2.75) is 70.3 Å². The number of rotatable bonds is 8. The predicted octanol–water partition coefficient (Wildman–Crippen LogP) is 5.60. The molecule has 1 heterocycles. The van der Waals surface area contributed by atoms with E-state index in [-0.39, 0.29) is 24.2 Å². The first-order valence-corrected chi connectivity index (χ1v) is 12.7. The Balaban J connectivity index is 1.91. The molecule has 3 aromatic rings. The van der Waals surface area contributed by atoms with Crippen LogP contribution in [0.1, 0.15) is 75.6 Å². The Kier molecular flexibility index (Phi) is 8.05. The molecule has 2 N–H and O–H groups in total. The van der Waals surface area contributed by atoms with Crippen LogP contribution in [0.4, 0.5) is 0 Å². The summed E-state index contributed by atoms with van der Waals surface area (Å²) < 4.78 is 15.9. The molecule has 0 spiro atoms. The molecule has 0 saturated heterocycles. The Morgan fingerprint density at radius 1 is 0.971 bits per heavy atom. The Bertz CT molecular complexity index is 1160. The van der Waals surface area contributed by atoms with Crippen LogP contribution in [-0.2, 0) is 27.8 Å². The SMILES string of the molecule is CC(C)c1cccc(C(C)C)c1CC(=O)NS(=O)c1cc(-c2ccncc2)cc(C(C)(C)O)c1. The summed E-state index contributed by atoms with van der Waals surface area (Å²) >= 11 is 0. The van der Waals surface area contributed by atoms with Gasteiger partial charge in [-0.1, -0.05) is 45.9 Å². The van der Waals surface area contributed by atoms with E-state index < -0.39 is 16.6 Å². The van der Waals surface area contributed by atoms with Gasteiger partial charge in [-0.3, -0.25) is 14.5 Å². The van der Waals surface area contributed by atoms with E-state index in [1.165, 1.54) is 0 Å². The van der Waals surface area contributed by atoms with Crippen molar-refractivity contribution in [1.82, 2.24) is 9.71 Å². The molecule has 0 aliphatic rings. The molecule has 0 aliphatic heterocycles. The first kappa shape index (κ1) is 25.8. The van der Waals surface area contributed by atoms with Crippen molar-refractivity contribution in [2.75, 3.05) is 0 Å². The lowest BCUT2D eigenvalue weighted by molar-refractivity contribution is -0.118. The summed E-state index contributed by atoms with van der Waals surface area (Å²) in [4.78, 5) is 17.5. The van der Waals surface area contributed by atoms with Crippen molar-refractivity contribution >= 4 is 16.9 Å². The van der Waals surface area contributed by atoms with Gasteiger partial charge in [-0.25, -0.2) is 4.21 Å². The smallest absolute Gasteiger partial charge is 0.236 e. The summed E-state index contributed by atoms with van der Waals surface area (Å²) in [6, 6.07) is 15.2. The molecule has 3 rings (SSSR count). The summed E-state index contributed by atoms with van der Waals surface area (Å²) in [6.07, 6.45) is 3.53. The fourth-order valence-corrected chi connectivity index (χ4v) is 4.90. The van der Waals surface area contributed by atoms with E-state index in [1.807, 2.05) is 24.3 Å². The van der Waals surface area contributed by atoms with Gasteiger partial charge >= 0.3 is 0 Å².